The van der Waals surface area contributed by atoms with Gasteiger partial charge in [0.15, 0.2) is 0 Å². The zero-order valence-corrected chi connectivity index (χ0v) is 14.5. The Labute approximate surface area is 151 Å². The maximum absolute atomic E-state index is 14.1. The van der Waals surface area contributed by atoms with E-state index in [0.717, 1.165) is 40.7 Å². The lowest BCUT2D eigenvalue weighted by molar-refractivity contribution is -0.123. The Hall–Kier alpha value is -2.70. The van der Waals surface area contributed by atoms with Crippen LogP contribution in [0, 0.1) is 12.7 Å². The molecule has 1 fully saturated rings. The monoisotopic (exact) mass is 352 g/mol. The molecular weight excluding hydrogens is 331 g/mol. The van der Waals surface area contributed by atoms with Crippen LogP contribution in [0.2, 0.25) is 0 Å². The summed E-state index contributed by atoms with van der Waals surface area (Å²) in [6.07, 6.45) is 0.786. The Morgan fingerprint density at radius 2 is 2.12 bits per heavy atom. The number of nitrogens with one attached hydrogen (secondary N) is 4. The Bertz CT molecular complexity index is 960. The Morgan fingerprint density at radius 3 is 2.88 bits per heavy atom. The number of hydrogen-bond donors (Lipinski definition) is 4. The average Bonchev–Trinajstić information content (AvgIpc) is 3.29. The van der Waals surface area contributed by atoms with Crippen molar-refractivity contribution < 1.29 is 9.18 Å². The van der Waals surface area contributed by atoms with E-state index in [1.807, 2.05) is 31.2 Å². The van der Waals surface area contributed by atoms with Crippen LogP contribution in [0.5, 0.6) is 0 Å². The second kappa shape index (κ2) is 6.90. The molecule has 2 heterocycles. The van der Waals surface area contributed by atoms with Gasteiger partial charge in [0.05, 0.1) is 5.69 Å². The maximum Gasteiger partial charge on any atom is 0.238 e. The van der Waals surface area contributed by atoms with Crippen molar-refractivity contribution in [3.63, 3.8) is 0 Å². The van der Waals surface area contributed by atoms with E-state index in [0.29, 0.717) is 12.1 Å². The molecule has 2 aromatic carbocycles. The average molecular weight is 352 g/mol. The largest absolute Gasteiger partial charge is 0.354 e. The van der Waals surface area contributed by atoms with Gasteiger partial charge in [0, 0.05) is 29.6 Å². The summed E-state index contributed by atoms with van der Waals surface area (Å²) < 4.78 is 14.1. The van der Waals surface area contributed by atoms with E-state index in [-0.39, 0.29) is 17.8 Å². The molecule has 0 radical (unpaired) electrons. The van der Waals surface area contributed by atoms with Gasteiger partial charge in [0.1, 0.15) is 11.9 Å². The second-order valence-electron chi connectivity index (χ2n) is 6.61. The zero-order valence-electron chi connectivity index (χ0n) is 14.5. The van der Waals surface area contributed by atoms with Gasteiger partial charge >= 0.3 is 0 Å². The maximum atomic E-state index is 14.1. The van der Waals surface area contributed by atoms with Crippen LogP contribution < -0.4 is 16.2 Å². The number of halogens is 1. The number of rotatable bonds is 4. The van der Waals surface area contributed by atoms with Gasteiger partial charge in [0.2, 0.25) is 5.91 Å². The molecule has 5 nitrogen and oxygen atoms in total. The van der Waals surface area contributed by atoms with Crippen molar-refractivity contribution in [1.82, 2.24) is 21.2 Å². The standard InChI is InChI=1S/C20H21FN4O/c1-12-15-10-13(11-22-20(26)18-8-9-23-25-18)6-7-17(15)24-19(12)14-4-2-3-5-16(14)21/h2-7,10,18,23-25H,8-9,11H2,1H3,(H,22,26). The van der Waals surface area contributed by atoms with Gasteiger partial charge in [-0.2, -0.15) is 0 Å². The number of aromatic nitrogens is 1. The van der Waals surface area contributed by atoms with Crippen molar-refractivity contribution >= 4 is 16.8 Å². The molecule has 0 saturated carbocycles. The minimum atomic E-state index is -0.243. The van der Waals surface area contributed by atoms with Crippen LogP contribution in [0.25, 0.3) is 22.2 Å². The van der Waals surface area contributed by atoms with Crippen molar-refractivity contribution in [2.75, 3.05) is 6.54 Å². The molecule has 1 atom stereocenters. The Balaban J connectivity index is 1.58. The van der Waals surface area contributed by atoms with Crippen molar-refractivity contribution in [2.45, 2.75) is 25.9 Å². The molecule has 0 bridgehead atoms. The third kappa shape index (κ3) is 3.09. The number of H-pyrrole nitrogens is 1. The number of carbonyl (C=O) groups is 1. The molecule has 1 aliphatic rings. The fourth-order valence-electron chi connectivity index (χ4n) is 3.41. The number of hydrazine groups is 1. The lowest BCUT2D eigenvalue weighted by Gasteiger charge is -2.10. The molecule has 1 amide bonds. The van der Waals surface area contributed by atoms with Crippen molar-refractivity contribution in [1.29, 1.82) is 0 Å². The second-order valence-corrected chi connectivity index (χ2v) is 6.61. The molecule has 4 rings (SSSR count). The molecule has 4 N–H and O–H groups in total. The minimum Gasteiger partial charge on any atom is -0.354 e. The highest BCUT2D eigenvalue weighted by Gasteiger charge is 2.21. The van der Waals surface area contributed by atoms with Gasteiger partial charge in [-0.1, -0.05) is 18.2 Å². The van der Waals surface area contributed by atoms with Crippen molar-refractivity contribution in [2.24, 2.45) is 0 Å². The molecule has 6 heteroatoms. The molecule has 0 aliphatic carbocycles. The quantitative estimate of drug-likeness (QED) is 0.584. The van der Waals surface area contributed by atoms with Crippen LogP contribution in [-0.2, 0) is 11.3 Å². The summed E-state index contributed by atoms with van der Waals surface area (Å²) in [5.41, 5.74) is 10.2. The fraction of sp³-hybridized carbons (Fsp3) is 0.250. The van der Waals surface area contributed by atoms with Crippen LogP contribution in [0.15, 0.2) is 42.5 Å². The third-order valence-electron chi connectivity index (χ3n) is 4.88. The highest BCUT2D eigenvalue weighted by atomic mass is 19.1. The number of carbonyl (C=O) groups excluding carboxylic acids is 1. The molecule has 0 spiro atoms. The molecule has 3 aromatic rings. The molecule has 1 unspecified atom stereocenters. The predicted octanol–water partition coefficient (Wildman–Crippen LogP) is 2.77. The van der Waals surface area contributed by atoms with Gasteiger partial charge in [-0.05, 0) is 48.7 Å². The molecule has 1 aromatic heterocycles. The van der Waals surface area contributed by atoms with Gasteiger partial charge < -0.3 is 10.3 Å². The van der Waals surface area contributed by atoms with Crippen LogP contribution in [0.4, 0.5) is 4.39 Å². The van der Waals surface area contributed by atoms with E-state index in [4.69, 9.17) is 0 Å². The smallest absolute Gasteiger partial charge is 0.238 e. The first-order chi connectivity index (χ1) is 12.6. The zero-order chi connectivity index (χ0) is 18.1. The van der Waals surface area contributed by atoms with Gasteiger partial charge in [0.25, 0.3) is 0 Å². The predicted molar refractivity (Wildman–Crippen MR) is 99.8 cm³/mol. The summed E-state index contributed by atoms with van der Waals surface area (Å²) in [5.74, 6) is -0.250. The van der Waals surface area contributed by atoms with Crippen molar-refractivity contribution in [3.05, 3.63) is 59.4 Å². The van der Waals surface area contributed by atoms with E-state index in [1.54, 1.807) is 12.1 Å². The van der Waals surface area contributed by atoms with E-state index in [9.17, 15) is 9.18 Å². The van der Waals surface area contributed by atoms with Crippen molar-refractivity contribution in [3.8, 4) is 11.3 Å². The third-order valence-corrected chi connectivity index (χ3v) is 4.88. The Kier molecular flexibility index (Phi) is 4.44. The molecule has 1 saturated heterocycles. The number of fused-ring (bicyclic) bond motifs is 1. The summed E-state index contributed by atoms with van der Waals surface area (Å²) in [6.45, 7) is 3.25. The topological polar surface area (TPSA) is 69.0 Å². The van der Waals surface area contributed by atoms with E-state index in [2.05, 4.69) is 21.2 Å². The number of benzene rings is 2. The van der Waals surface area contributed by atoms with E-state index < -0.39 is 0 Å². The molecular formula is C20H21FN4O. The minimum absolute atomic E-state index is 0.00654. The highest BCUT2D eigenvalue weighted by molar-refractivity contribution is 5.91. The van der Waals surface area contributed by atoms with Gasteiger partial charge in [-0.25, -0.2) is 9.82 Å². The first-order valence-corrected chi connectivity index (χ1v) is 8.75. The lowest BCUT2D eigenvalue weighted by atomic mass is 10.0. The summed E-state index contributed by atoms with van der Waals surface area (Å²) in [4.78, 5) is 15.4. The van der Waals surface area contributed by atoms with Crippen LogP contribution in [0.1, 0.15) is 17.5 Å². The fourth-order valence-corrected chi connectivity index (χ4v) is 3.41. The number of aryl methyl sites for hydroxylation is 1. The van der Waals surface area contributed by atoms with E-state index in [1.165, 1.54) is 6.07 Å². The summed E-state index contributed by atoms with van der Waals surface area (Å²) in [6, 6.07) is 12.6. The number of amides is 1. The summed E-state index contributed by atoms with van der Waals surface area (Å²) in [5, 5.41) is 4.00. The molecule has 26 heavy (non-hydrogen) atoms. The lowest BCUT2D eigenvalue weighted by Crippen LogP contribution is -2.42. The summed E-state index contributed by atoms with van der Waals surface area (Å²) >= 11 is 0. The van der Waals surface area contributed by atoms with E-state index >= 15 is 0 Å². The van der Waals surface area contributed by atoms with Crippen LogP contribution in [0.3, 0.4) is 0 Å². The molecule has 134 valence electrons. The van der Waals surface area contributed by atoms with Gasteiger partial charge in [-0.15, -0.1) is 0 Å². The van der Waals surface area contributed by atoms with Crippen LogP contribution in [-0.4, -0.2) is 23.5 Å². The Morgan fingerprint density at radius 1 is 1.27 bits per heavy atom. The van der Waals surface area contributed by atoms with Crippen LogP contribution >= 0.6 is 0 Å². The highest BCUT2D eigenvalue weighted by Crippen LogP contribution is 2.31. The SMILES string of the molecule is Cc1c(-c2ccccc2F)[nH]c2ccc(CNC(=O)C3CCNN3)cc12. The summed E-state index contributed by atoms with van der Waals surface area (Å²) in [7, 11) is 0. The number of aromatic amines is 1. The first-order valence-electron chi connectivity index (χ1n) is 8.75. The molecule has 1 aliphatic heterocycles. The normalized spacial score (nSPS) is 16.9. The number of hydrogen-bond acceptors (Lipinski definition) is 3. The van der Waals surface area contributed by atoms with Gasteiger partial charge in [-0.3, -0.25) is 10.2 Å². The first kappa shape index (κ1) is 16.8.